The highest BCUT2D eigenvalue weighted by molar-refractivity contribution is 6.31. The van der Waals surface area contributed by atoms with E-state index in [0.29, 0.717) is 22.0 Å². The summed E-state index contributed by atoms with van der Waals surface area (Å²) in [5, 5.41) is 15.3. The molecule has 3 aromatic rings. The number of nitrogens with one attached hydrogen (secondary N) is 2. The molecule has 0 atom stereocenters. The van der Waals surface area contributed by atoms with Gasteiger partial charge in [-0.05, 0) is 60.5 Å². The van der Waals surface area contributed by atoms with Crippen LogP contribution in [0.5, 0.6) is 5.75 Å². The highest BCUT2D eigenvalue weighted by atomic mass is 35.5. The number of hydrogen-bond acceptors (Lipinski definition) is 4. The third kappa shape index (κ3) is 6.46. The van der Waals surface area contributed by atoms with Gasteiger partial charge in [0.25, 0.3) is 11.8 Å². The summed E-state index contributed by atoms with van der Waals surface area (Å²) in [6.45, 7) is 1.73. The van der Waals surface area contributed by atoms with Gasteiger partial charge in [0.1, 0.15) is 17.4 Å². The molecule has 0 radical (unpaired) electrons. The second kappa shape index (κ2) is 10.8. The lowest BCUT2D eigenvalue weighted by Gasteiger charge is -2.10. The molecule has 0 saturated carbocycles. The number of rotatable bonds is 7. The molecule has 32 heavy (non-hydrogen) atoms. The molecule has 3 aromatic carbocycles. The average Bonchev–Trinajstić information content (AvgIpc) is 2.78. The van der Waals surface area contributed by atoms with E-state index in [9.17, 15) is 14.9 Å². The zero-order valence-corrected chi connectivity index (χ0v) is 18.0. The number of hydrogen-bond donors (Lipinski definition) is 2. The summed E-state index contributed by atoms with van der Waals surface area (Å²) in [5.74, 6) is -0.413. The minimum atomic E-state index is -0.557. The van der Waals surface area contributed by atoms with Crippen molar-refractivity contribution in [1.29, 1.82) is 5.26 Å². The Balaban J connectivity index is 1.64. The van der Waals surface area contributed by atoms with E-state index < -0.39 is 5.91 Å². The first-order chi connectivity index (χ1) is 15.4. The second-order valence-electron chi connectivity index (χ2n) is 6.86. The lowest BCUT2D eigenvalue weighted by molar-refractivity contribution is -0.118. The smallest absolute Gasteiger partial charge is 0.266 e. The summed E-state index contributed by atoms with van der Waals surface area (Å²) < 4.78 is 5.57. The van der Waals surface area contributed by atoms with E-state index in [0.717, 1.165) is 11.3 Å². The van der Waals surface area contributed by atoms with Crippen molar-refractivity contribution in [3.63, 3.8) is 0 Å². The molecule has 0 saturated heterocycles. The standard InChI is InChI=1S/C25H20ClN3O3/c1-17-6-2-3-11-23(17)29-24(30)16-32-22-10-4-7-18(13-22)12-19(15-27)25(31)28-21-9-5-8-20(26)14-21/h2-14H,16H2,1H3,(H,28,31)(H,29,30)/b19-12-. The lowest BCUT2D eigenvalue weighted by atomic mass is 10.1. The number of aryl methyl sites for hydroxylation is 1. The van der Waals surface area contributed by atoms with Crippen molar-refractivity contribution in [2.75, 3.05) is 17.2 Å². The minimum Gasteiger partial charge on any atom is -0.484 e. The Labute approximate surface area is 191 Å². The van der Waals surface area contributed by atoms with Crippen molar-refractivity contribution in [2.24, 2.45) is 0 Å². The van der Waals surface area contributed by atoms with Gasteiger partial charge in [0.2, 0.25) is 0 Å². The Kier molecular flexibility index (Phi) is 7.63. The van der Waals surface area contributed by atoms with Gasteiger partial charge < -0.3 is 15.4 Å². The van der Waals surface area contributed by atoms with E-state index in [1.807, 2.05) is 37.3 Å². The number of nitriles is 1. The molecule has 3 rings (SSSR count). The quantitative estimate of drug-likeness (QED) is 0.385. The highest BCUT2D eigenvalue weighted by Gasteiger charge is 2.11. The van der Waals surface area contributed by atoms with Crippen molar-refractivity contribution in [1.82, 2.24) is 0 Å². The molecule has 2 N–H and O–H groups in total. The molecular formula is C25H20ClN3O3. The lowest BCUT2D eigenvalue weighted by Crippen LogP contribution is -2.20. The van der Waals surface area contributed by atoms with Gasteiger partial charge in [-0.25, -0.2) is 0 Å². The van der Waals surface area contributed by atoms with Crippen LogP contribution in [-0.4, -0.2) is 18.4 Å². The Morgan fingerprint density at radius 1 is 1.03 bits per heavy atom. The molecule has 0 bridgehead atoms. The number of carbonyl (C=O) groups excluding carboxylic acids is 2. The number of ether oxygens (including phenoxy) is 1. The molecule has 0 aliphatic rings. The Morgan fingerprint density at radius 2 is 1.81 bits per heavy atom. The van der Waals surface area contributed by atoms with Crippen LogP contribution in [0.4, 0.5) is 11.4 Å². The maximum atomic E-state index is 12.4. The predicted molar refractivity (Wildman–Crippen MR) is 125 cm³/mol. The molecule has 0 aliphatic heterocycles. The molecule has 0 spiro atoms. The first-order valence-electron chi connectivity index (χ1n) is 9.71. The summed E-state index contributed by atoms with van der Waals surface area (Å²) in [6, 6.07) is 22.8. The highest BCUT2D eigenvalue weighted by Crippen LogP contribution is 2.19. The van der Waals surface area contributed by atoms with Crippen LogP contribution in [0.2, 0.25) is 5.02 Å². The van der Waals surface area contributed by atoms with Crippen molar-refractivity contribution in [2.45, 2.75) is 6.92 Å². The van der Waals surface area contributed by atoms with Gasteiger partial charge in [0.15, 0.2) is 6.61 Å². The molecule has 0 fully saturated rings. The first kappa shape index (κ1) is 22.6. The zero-order valence-electron chi connectivity index (χ0n) is 17.3. The Hall–Kier alpha value is -4.08. The van der Waals surface area contributed by atoms with E-state index in [1.165, 1.54) is 6.08 Å². The van der Waals surface area contributed by atoms with Gasteiger partial charge in [-0.3, -0.25) is 9.59 Å². The molecule has 2 amide bonds. The van der Waals surface area contributed by atoms with Crippen LogP contribution < -0.4 is 15.4 Å². The second-order valence-corrected chi connectivity index (χ2v) is 7.29. The minimum absolute atomic E-state index is 0.0839. The van der Waals surface area contributed by atoms with Crippen LogP contribution in [-0.2, 0) is 9.59 Å². The Bertz CT molecular complexity index is 1210. The number of amides is 2. The third-order valence-electron chi connectivity index (χ3n) is 4.41. The van der Waals surface area contributed by atoms with E-state index in [2.05, 4.69) is 10.6 Å². The van der Waals surface area contributed by atoms with Crippen LogP contribution in [0, 0.1) is 18.3 Å². The van der Waals surface area contributed by atoms with Crippen LogP contribution in [0.15, 0.2) is 78.4 Å². The molecule has 0 aromatic heterocycles. The maximum Gasteiger partial charge on any atom is 0.266 e. The van der Waals surface area contributed by atoms with Gasteiger partial charge in [-0.1, -0.05) is 48.0 Å². The van der Waals surface area contributed by atoms with Gasteiger partial charge >= 0.3 is 0 Å². The average molecular weight is 446 g/mol. The fourth-order valence-electron chi connectivity index (χ4n) is 2.82. The molecular weight excluding hydrogens is 426 g/mol. The van der Waals surface area contributed by atoms with Crippen LogP contribution in [0.3, 0.4) is 0 Å². The van der Waals surface area contributed by atoms with Crippen molar-refractivity contribution >= 4 is 40.9 Å². The summed E-state index contributed by atoms with van der Waals surface area (Å²) in [7, 11) is 0. The van der Waals surface area contributed by atoms with Crippen molar-refractivity contribution < 1.29 is 14.3 Å². The number of benzene rings is 3. The first-order valence-corrected chi connectivity index (χ1v) is 10.1. The fourth-order valence-corrected chi connectivity index (χ4v) is 3.01. The molecule has 0 heterocycles. The SMILES string of the molecule is Cc1ccccc1NC(=O)COc1cccc(/C=C(/C#N)C(=O)Nc2cccc(Cl)c2)c1. The molecule has 0 aliphatic carbocycles. The summed E-state index contributed by atoms with van der Waals surface area (Å²) in [4.78, 5) is 24.6. The van der Waals surface area contributed by atoms with Gasteiger partial charge in [0, 0.05) is 16.4 Å². The predicted octanol–water partition coefficient (Wildman–Crippen LogP) is 5.21. The number of nitrogens with zero attached hydrogens (tertiary/aromatic N) is 1. The topological polar surface area (TPSA) is 91.2 Å². The summed E-state index contributed by atoms with van der Waals surface area (Å²) >= 11 is 5.92. The van der Waals surface area contributed by atoms with Crippen molar-refractivity contribution in [3.05, 3.63) is 94.5 Å². The van der Waals surface area contributed by atoms with E-state index in [4.69, 9.17) is 16.3 Å². The third-order valence-corrected chi connectivity index (χ3v) is 4.64. The molecule has 7 heteroatoms. The monoisotopic (exact) mass is 445 g/mol. The van der Waals surface area contributed by atoms with Crippen LogP contribution in [0.25, 0.3) is 6.08 Å². The fraction of sp³-hybridized carbons (Fsp3) is 0.0800. The summed E-state index contributed by atoms with van der Waals surface area (Å²) in [5.41, 5.74) is 2.66. The van der Waals surface area contributed by atoms with Crippen molar-refractivity contribution in [3.8, 4) is 11.8 Å². The zero-order chi connectivity index (χ0) is 22.9. The largest absolute Gasteiger partial charge is 0.484 e. The van der Waals surface area contributed by atoms with E-state index >= 15 is 0 Å². The number of para-hydroxylation sites is 1. The summed E-state index contributed by atoms with van der Waals surface area (Å²) in [6.07, 6.45) is 1.44. The van der Waals surface area contributed by atoms with Crippen LogP contribution in [0.1, 0.15) is 11.1 Å². The molecule has 6 nitrogen and oxygen atoms in total. The van der Waals surface area contributed by atoms with E-state index in [1.54, 1.807) is 48.5 Å². The van der Waals surface area contributed by atoms with Gasteiger partial charge in [-0.15, -0.1) is 0 Å². The van der Waals surface area contributed by atoms with Crippen LogP contribution >= 0.6 is 11.6 Å². The molecule has 0 unspecified atom stereocenters. The van der Waals surface area contributed by atoms with E-state index in [-0.39, 0.29) is 18.1 Å². The number of anilines is 2. The van der Waals surface area contributed by atoms with Gasteiger partial charge in [-0.2, -0.15) is 5.26 Å². The number of halogens is 1. The van der Waals surface area contributed by atoms with Gasteiger partial charge in [0.05, 0.1) is 0 Å². The maximum absolute atomic E-state index is 12.4. The Morgan fingerprint density at radius 3 is 2.56 bits per heavy atom. The normalized spacial score (nSPS) is 10.7. The molecule has 160 valence electrons. The number of carbonyl (C=O) groups is 2.